The molecule has 0 saturated heterocycles. The number of nitrogens with one attached hydrogen (secondary N) is 1. The Labute approximate surface area is 212 Å². The van der Waals surface area contributed by atoms with Crippen LogP contribution in [0.2, 0.25) is 10.0 Å². The lowest BCUT2D eigenvalue weighted by Crippen LogP contribution is -2.52. The second-order valence-electron chi connectivity index (χ2n) is 8.26. The number of carbonyl (C=O) groups is 2. The number of benzene rings is 2. The van der Waals surface area contributed by atoms with E-state index >= 15 is 0 Å². The Bertz CT molecular complexity index is 1140. The molecule has 2 amide bonds. The summed E-state index contributed by atoms with van der Waals surface area (Å²) in [7, 11) is -3.84. The molecule has 0 heterocycles. The molecule has 0 bridgehead atoms. The predicted molar refractivity (Wildman–Crippen MR) is 138 cm³/mol. The molecule has 2 rings (SSSR count). The van der Waals surface area contributed by atoms with E-state index in [1.807, 2.05) is 13.8 Å². The average Bonchev–Trinajstić information content (AvgIpc) is 2.77. The van der Waals surface area contributed by atoms with Gasteiger partial charge in [0.2, 0.25) is 21.8 Å². The van der Waals surface area contributed by atoms with Crippen LogP contribution in [0.3, 0.4) is 0 Å². The van der Waals surface area contributed by atoms with Gasteiger partial charge in [-0.2, -0.15) is 0 Å². The van der Waals surface area contributed by atoms with Crippen LogP contribution in [0.25, 0.3) is 0 Å². The lowest BCUT2D eigenvalue weighted by molar-refractivity contribution is -0.139. The third kappa shape index (κ3) is 7.10. The highest BCUT2D eigenvalue weighted by Crippen LogP contribution is 2.28. The fourth-order valence-electron chi connectivity index (χ4n) is 3.32. The molecular weight excluding hydrogens is 497 g/mol. The predicted octanol–water partition coefficient (Wildman–Crippen LogP) is 4.40. The maximum atomic E-state index is 13.6. The van der Waals surface area contributed by atoms with Crippen LogP contribution < -0.4 is 9.62 Å². The van der Waals surface area contributed by atoms with E-state index in [1.165, 1.54) is 4.90 Å². The maximum Gasteiger partial charge on any atom is 0.244 e. The van der Waals surface area contributed by atoms with E-state index in [2.05, 4.69) is 5.32 Å². The van der Waals surface area contributed by atoms with Crippen LogP contribution in [0.4, 0.5) is 5.69 Å². The zero-order valence-corrected chi connectivity index (χ0v) is 22.3. The smallest absolute Gasteiger partial charge is 0.244 e. The first kappa shape index (κ1) is 28.0. The molecule has 0 spiro atoms. The molecule has 2 aromatic rings. The Morgan fingerprint density at radius 3 is 2.24 bits per heavy atom. The number of amides is 2. The summed E-state index contributed by atoms with van der Waals surface area (Å²) in [5, 5.41) is 3.71. The minimum Gasteiger partial charge on any atom is -0.352 e. The molecule has 0 saturated carbocycles. The topological polar surface area (TPSA) is 86.8 Å². The van der Waals surface area contributed by atoms with Crippen LogP contribution in [-0.4, -0.2) is 50.0 Å². The third-order valence-corrected chi connectivity index (χ3v) is 7.56. The summed E-state index contributed by atoms with van der Waals surface area (Å²) in [6.45, 7) is 6.66. The Kier molecular flexibility index (Phi) is 9.79. The van der Waals surface area contributed by atoms with Gasteiger partial charge in [0.05, 0.1) is 11.9 Å². The molecule has 0 unspecified atom stereocenters. The van der Waals surface area contributed by atoms with E-state index in [0.717, 1.165) is 17.0 Å². The van der Waals surface area contributed by atoms with Gasteiger partial charge < -0.3 is 10.2 Å². The highest BCUT2D eigenvalue weighted by atomic mass is 35.5. The number of nitrogens with zero attached hydrogens (tertiary/aromatic N) is 2. The molecule has 2 aromatic carbocycles. The van der Waals surface area contributed by atoms with Crippen molar-refractivity contribution in [1.29, 1.82) is 0 Å². The largest absolute Gasteiger partial charge is 0.352 e. The van der Waals surface area contributed by atoms with Crippen LogP contribution in [0.5, 0.6) is 0 Å². The van der Waals surface area contributed by atoms with Gasteiger partial charge in [0.1, 0.15) is 12.6 Å². The van der Waals surface area contributed by atoms with Crippen molar-refractivity contribution in [2.75, 3.05) is 17.1 Å². The van der Waals surface area contributed by atoms with Crippen LogP contribution in [-0.2, 0) is 26.2 Å². The van der Waals surface area contributed by atoms with Crippen molar-refractivity contribution >= 4 is 50.7 Å². The summed E-state index contributed by atoms with van der Waals surface area (Å²) in [5.74, 6) is -0.879. The quantitative estimate of drug-likeness (QED) is 0.495. The van der Waals surface area contributed by atoms with Gasteiger partial charge in [0.15, 0.2) is 0 Å². The van der Waals surface area contributed by atoms with Gasteiger partial charge >= 0.3 is 0 Å². The first-order chi connectivity index (χ1) is 15.9. The maximum absolute atomic E-state index is 13.6. The van der Waals surface area contributed by atoms with Crippen molar-refractivity contribution in [2.24, 2.45) is 0 Å². The van der Waals surface area contributed by atoms with E-state index in [-0.39, 0.29) is 18.5 Å². The molecule has 0 aliphatic rings. The molecule has 0 aromatic heterocycles. The summed E-state index contributed by atoms with van der Waals surface area (Å²) in [6, 6.07) is 10.9. The average molecular weight is 529 g/mol. The first-order valence-electron chi connectivity index (χ1n) is 10.9. The van der Waals surface area contributed by atoms with Crippen LogP contribution in [0.1, 0.15) is 38.3 Å². The van der Waals surface area contributed by atoms with Gasteiger partial charge in [-0.25, -0.2) is 8.42 Å². The summed E-state index contributed by atoms with van der Waals surface area (Å²) in [6.07, 6.45) is 1.75. The second kappa shape index (κ2) is 11.9. The normalized spacial score (nSPS) is 13.1. The number of halogens is 2. The minimum absolute atomic E-state index is 0.0414. The van der Waals surface area contributed by atoms with Crippen molar-refractivity contribution in [3.63, 3.8) is 0 Å². The van der Waals surface area contributed by atoms with E-state index in [4.69, 9.17) is 23.2 Å². The lowest BCUT2D eigenvalue weighted by atomic mass is 10.1. The molecule has 186 valence electrons. The molecule has 7 nitrogen and oxygen atoms in total. The van der Waals surface area contributed by atoms with Crippen LogP contribution >= 0.6 is 23.2 Å². The number of hydrogen-bond donors (Lipinski definition) is 1. The van der Waals surface area contributed by atoms with Gasteiger partial charge in [0.25, 0.3) is 0 Å². The molecule has 2 atom stereocenters. The van der Waals surface area contributed by atoms with Crippen molar-refractivity contribution in [3.05, 3.63) is 63.6 Å². The molecule has 0 radical (unpaired) electrons. The molecule has 1 N–H and O–H groups in total. The second-order valence-corrected chi connectivity index (χ2v) is 11.0. The number of carbonyl (C=O) groups excluding carboxylic acids is 2. The van der Waals surface area contributed by atoms with Crippen molar-refractivity contribution in [2.45, 2.75) is 52.7 Å². The fraction of sp³-hybridized carbons (Fsp3) is 0.417. The highest BCUT2D eigenvalue weighted by Gasteiger charge is 2.31. The molecule has 0 aliphatic carbocycles. The van der Waals surface area contributed by atoms with Crippen LogP contribution in [0.15, 0.2) is 42.5 Å². The number of rotatable bonds is 10. The zero-order valence-electron chi connectivity index (χ0n) is 20.0. The lowest BCUT2D eigenvalue weighted by Gasteiger charge is -2.32. The van der Waals surface area contributed by atoms with Gasteiger partial charge in [-0.3, -0.25) is 13.9 Å². The standard InChI is InChI=1S/C24H31Cl2N3O4S/c1-6-16(2)27-24(31)18(4)28(14-19-10-7-8-11-21(19)26)23(30)15-29(34(5,32)33)22-13-9-12-20(25)17(22)3/h7-13,16,18H,6,14-15H2,1-5H3,(H,27,31)/t16-,18-/m0/s1. The van der Waals surface area contributed by atoms with E-state index in [9.17, 15) is 18.0 Å². The summed E-state index contributed by atoms with van der Waals surface area (Å²) in [5.41, 5.74) is 1.48. The molecule has 34 heavy (non-hydrogen) atoms. The fourth-order valence-corrected chi connectivity index (χ4v) is 4.58. The minimum atomic E-state index is -3.84. The highest BCUT2D eigenvalue weighted by molar-refractivity contribution is 7.92. The number of anilines is 1. The molecule has 0 fully saturated rings. The van der Waals surface area contributed by atoms with Gasteiger partial charge in [-0.1, -0.05) is 54.4 Å². The molecule has 10 heteroatoms. The Balaban J connectivity index is 2.45. The van der Waals surface area contributed by atoms with Gasteiger partial charge in [0, 0.05) is 22.6 Å². The van der Waals surface area contributed by atoms with Crippen molar-refractivity contribution < 1.29 is 18.0 Å². The SMILES string of the molecule is CC[C@H](C)NC(=O)[C@H](C)N(Cc1ccccc1Cl)C(=O)CN(c1cccc(Cl)c1C)S(C)(=O)=O. The van der Waals surface area contributed by atoms with Gasteiger partial charge in [-0.05, 0) is 56.5 Å². The zero-order chi connectivity index (χ0) is 25.6. The third-order valence-electron chi connectivity index (χ3n) is 5.65. The van der Waals surface area contributed by atoms with E-state index < -0.39 is 28.5 Å². The molecule has 0 aliphatic heterocycles. The summed E-state index contributed by atoms with van der Waals surface area (Å²) in [4.78, 5) is 27.8. The monoisotopic (exact) mass is 527 g/mol. The van der Waals surface area contributed by atoms with E-state index in [1.54, 1.807) is 56.3 Å². The van der Waals surface area contributed by atoms with Crippen molar-refractivity contribution in [3.8, 4) is 0 Å². The Hall–Kier alpha value is -2.29. The number of hydrogen-bond acceptors (Lipinski definition) is 4. The summed E-state index contributed by atoms with van der Waals surface area (Å²) >= 11 is 12.5. The number of sulfonamides is 1. The van der Waals surface area contributed by atoms with Gasteiger partial charge in [-0.15, -0.1) is 0 Å². The Morgan fingerprint density at radius 1 is 1.03 bits per heavy atom. The molecular formula is C24H31Cl2N3O4S. The van der Waals surface area contributed by atoms with Crippen LogP contribution in [0, 0.1) is 6.92 Å². The summed E-state index contributed by atoms with van der Waals surface area (Å²) < 4.78 is 26.3. The Morgan fingerprint density at radius 2 is 1.65 bits per heavy atom. The van der Waals surface area contributed by atoms with Crippen molar-refractivity contribution in [1.82, 2.24) is 10.2 Å². The first-order valence-corrected chi connectivity index (χ1v) is 13.5. The van der Waals surface area contributed by atoms with E-state index in [0.29, 0.717) is 26.9 Å².